The van der Waals surface area contributed by atoms with Crippen molar-refractivity contribution in [3.8, 4) is 5.75 Å². The lowest BCUT2D eigenvalue weighted by atomic mass is 10.1. The zero-order valence-electron chi connectivity index (χ0n) is 12.2. The molecular formula is C15H23N3O2. The summed E-state index contributed by atoms with van der Waals surface area (Å²) in [6.07, 6.45) is 0. The van der Waals surface area contributed by atoms with Gasteiger partial charge in [0.15, 0.2) is 0 Å². The highest BCUT2D eigenvalue weighted by Crippen LogP contribution is 2.20. The van der Waals surface area contributed by atoms with Gasteiger partial charge in [-0.25, -0.2) is 0 Å². The van der Waals surface area contributed by atoms with E-state index in [9.17, 15) is 4.79 Å². The second-order valence-electron chi connectivity index (χ2n) is 4.90. The number of hydrogen-bond acceptors (Lipinski definition) is 4. The number of piperazine rings is 1. The second-order valence-corrected chi connectivity index (χ2v) is 4.90. The zero-order chi connectivity index (χ0) is 14.4. The predicted molar refractivity (Wildman–Crippen MR) is 78.7 cm³/mol. The lowest BCUT2D eigenvalue weighted by Crippen LogP contribution is -2.57. The number of carbonyl (C=O) groups excluding carboxylic acids is 1. The fraction of sp³-hybridized carbons (Fsp3) is 0.533. The third-order valence-corrected chi connectivity index (χ3v) is 3.57. The lowest BCUT2D eigenvalue weighted by molar-refractivity contribution is -0.127. The summed E-state index contributed by atoms with van der Waals surface area (Å²) < 4.78 is 5.39. The van der Waals surface area contributed by atoms with Crippen LogP contribution in [0.15, 0.2) is 24.3 Å². The normalized spacial score (nSPS) is 19.6. The molecule has 1 aliphatic heterocycles. The summed E-state index contributed by atoms with van der Waals surface area (Å²) in [5, 5.41) is 6.19. The molecule has 5 heteroatoms. The third kappa shape index (κ3) is 3.49. The van der Waals surface area contributed by atoms with Crippen molar-refractivity contribution in [1.82, 2.24) is 15.5 Å². The average Bonchev–Trinajstić information content (AvgIpc) is 2.48. The molecule has 1 unspecified atom stereocenters. The van der Waals surface area contributed by atoms with Crippen molar-refractivity contribution < 1.29 is 9.53 Å². The molecule has 2 rings (SSSR count). The summed E-state index contributed by atoms with van der Waals surface area (Å²) in [5.74, 6) is 0.968. The third-order valence-electron chi connectivity index (χ3n) is 3.57. The number of ether oxygens (including phenoxy) is 1. The smallest absolute Gasteiger partial charge is 0.238 e. The van der Waals surface area contributed by atoms with Crippen LogP contribution >= 0.6 is 0 Å². The average molecular weight is 277 g/mol. The Kier molecular flexibility index (Phi) is 5.38. The van der Waals surface area contributed by atoms with Gasteiger partial charge in [-0.1, -0.05) is 18.2 Å². The first-order chi connectivity index (χ1) is 9.76. The van der Waals surface area contributed by atoms with Crippen molar-refractivity contribution in [3.05, 3.63) is 29.8 Å². The Labute approximate surface area is 120 Å². The molecule has 0 saturated carbocycles. The standard InChI is InChI=1S/C15H23N3O2/c1-3-17-15(19)13-10-16-8-9-18(13)11-12-6-4-5-7-14(12)20-2/h4-7,13,16H,3,8-11H2,1-2H3,(H,17,19). The summed E-state index contributed by atoms with van der Waals surface area (Å²) in [6, 6.07) is 7.85. The number of amides is 1. The van der Waals surface area contributed by atoms with E-state index in [2.05, 4.69) is 21.6 Å². The number of benzene rings is 1. The van der Waals surface area contributed by atoms with Crippen molar-refractivity contribution in [2.45, 2.75) is 19.5 Å². The van der Waals surface area contributed by atoms with Gasteiger partial charge in [-0.3, -0.25) is 9.69 Å². The van der Waals surface area contributed by atoms with Crippen LogP contribution in [-0.4, -0.2) is 50.1 Å². The van der Waals surface area contributed by atoms with Gasteiger partial charge in [0.1, 0.15) is 11.8 Å². The summed E-state index contributed by atoms with van der Waals surface area (Å²) in [5.41, 5.74) is 1.12. The van der Waals surface area contributed by atoms with Crippen LogP contribution < -0.4 is 15.4 Å². The molecule has 1 amide bonds. The maximum Gasteiger partial charge on any atom is 0.238 e. The maximum atomic E-state index is 12.1. The lowest BCUT2D eigenvalue weighted by Gasteiger charge is -2.35. The number of hydrogen-bond donors (Lipinski definition) is 2. The SMILES string of the molecule is CCNC(=O)C1CNCCN1Cc1ccccc1OC. The van der Waals surface area contributed by atoms with Crippen LogP contribution in [0.4, 0.5) is 0 Å². The Bertz CT molecular complexity index is 450. The molecular weight excluding hydrogens is 254 g/mol. The fourth-order valence-electron chi connectivity index (χ4n) is 2.54. The van der Waals surface area contributed by atoms with Crippen LogP contribution in [0.25, 0.3) is 0 Å². The molecule has 0 aliphatic carbocycles. The molecule has 1 aliphatic rings. The number of likely N-dealkylation sites (N-methyl/N-ethyl adjacent to an activating group) is 1. The van der Waals surface area contributed by atoms with E-state index in [-0.39, 0.29) is 11.9 Å². The van der Waals surface area contributed by atoms with Crippen LogP contribution in [0.5, 0.6) is 5.75 Å². The van der Waals surface area contributed by atoms with Crippen molar-refractivity contribution in [2.24, 2.45) is 0 Å². The highest BCUT2D eigenvalue weighted by molar-refractivity contribution is 5.82. The van der Waals surface area contributed by atoms with E-state index in [0.29, 0.717) is 13.1 Å². The zero-order valence-corrected chi connectivity index (χ0v) is 12.2. The van der Waals surface area contributed by atoms with Crippen molar-refractivity contribution in [3.63, 3.8) is 0 Å². The Morgan fingerprint density at radius 3 is 3.05 bits per heavy atom. The van der Waals surface area contributed by atoms with Crippen molar-refractivity contribution >= 4 is 5.91 Å². The van der Waals surface area contributed by atoms with Crippen LogP contribution in [0.3, 0.4) is 0 Å². The number of carbonyl (C=O) groups is 1. The molecule has 0 spiro atoms. The minimum absolute atomic E-state index is 0.0922. The van der Waals surface area contributed by atoms with Crippen LogP contribution in [0.1, 0.15) is 12.5 Å². The Hall–Kier alpha value is -1.59. The number of para-hydroxylation sites is 1. The number of methoxy groups -OCH3 is 1. The molecule has 2 N–H and O–H groups in total. The Morgan fingerprint density at radius 1 is 1.50 bits per heavy atom. The van der Waals surface area contributed by atoms with E-state index in [1.807, 2.05) is 25.1 Å². The van der Waals surface area contributed by atoms with E-state index >= 15 is 0 Å². The van der Waals surface area contributed by atoms with Gasteiger partial charge in [0.25, 0.3) is 0 Å². The van der Waals surface area contributed by atoms with E-state index in [1.54, 1.807) is 7.11 Å². The van der Waals surface area contributed by atoms with Gasteiger partial charge in [0.2, 0.25) is 5.91 Å². The van der Waals surface area contributed by atoms with E-state index in [1.165, 1.54) is 0 Å². The number of rotatable bonds is 5. The van der Waals surface area contributed by atoms with Gasteiger partial charge in [-0.15, -0.1) is 0 Å². The Balaban J connectivity index is 2.10. The van der Waals surface area contributed by atoms with E-state index < -0.39 is 0 Å². The largest absolute Gasteiger partial charge is 0.496 e. The highest BCUT2D eigenvalue weighted by Gasteiger charge is 2.28. The van der Waals surface area contributed by atoms with Crippen molar-refractivity contribution in [1.29, 1.82) is 0 Å². The number of nitrogens with zero attached hydrogens (tertiary/aromatic N) is 1. The summed E-state index contributed by atoms with van der Waals surface area (Å²) in [6.45, 7) is 5.80. The molecule has 1 aromatic rings. The van der Waals surface area contributed by atoms with E-state index in [4.69, 9.17) is 4.74 Å². The first-order valence-electron chi connectivity index (χ1n) is 7.10. The second kappa shape index (κ2) is 7.26. The van der Waals surface area contributed by atoms with Crippen LogP contribution in [-0.2, 0) is 11.3 Å². The van der Waals surface area contributed by atoms with Crippen LogP contribution in [0.2, 0.25) is 0 Å². The van der Waals surface area contributed by atoms with E-state index in [0.717, 1.165) is 30.9 Å². The first-order valence-corrected chi connectivity index (χ1v) is 7.10. The van der Waals surface area contributed by atoms with Gasteiger partial charge in [-0.2, -0.15) is 0 Å². The molecule has 0 aromatic heterocycles. The minimum Gasteiger partial charge on any atom is -0.496 e. The van der Waals surface area contributed by atoms with Gasteiger partial charge in [0.05, 0.1) is 7.11 Å². The molecule has 1 saturated heterocycles. The van der Waals surface area contributed by atoms with Crippen molar-refractivity contribution in [2.75, 3.05) is 33.3 Å². The molecule has 5 nitrogen and oxygen atoms in total. The molecule has 1 atom stereocenters. The molecule has 20 heavy (non-hydrogen) atoms. The van der Waals surface area contributed by atoms with Gasteiger partial charge in [0, 0.05) is 38.3 Å². The summed E-state index contributed by atoms with van der Waals surface area (Å²) in [4.78, 5) is 14.3. The fourth-order valence-corrected chi connectivity index (χ4v) is 2.54. The summed E-state index contributed by atoms with van der Waals surface area (Å²) in [7, 11) is 1.68. The van der Waals surface area contributed by atoms with Crippen LogP contribution in [0, 0.1) is 0 Å². The minimum atomic E-state index is -0.117. The molecule has 110 valence electrons. The molecule has 0 bridgehead atoms. The Morgan fingerprint density at radius 2 is 2.30 bits per heavy atom. The molecule has 1 heterocycles. The van der Waals surface area contributed by atoms with Gasteiger partial charge in [-0.05, 0) is 13.0 Å². The summed E-state index contributed by atoms with van der Waals surface area (Å²) >= 11 is 0. The molecule has 1 aromatic carbocycles. The quantitative estimate of drug-likeness (QED) is 0.828. The topological polar surface area (TPSA) is 53.6 Å². The molecule has 0 radical (unpaired) electrons. The maximum absolute atomic E-state index is 12.1. The number of nitrogens with one attached hydrogen (secondary N) is 2. The highest BCUT2D eigenvalue weighted by atomic mass is 16.5. The monoisotopic (exact) mass is 277 g/mol. The predicted octanol–water partition coefficient (Wildman–Crippen LogP) is 0.605. The van der Waals surface area contributed by atoms with Gasteiger partial charge < -0.3 is 15.4 Å². The first kappa shape index (κ1) is 14.8. The van der Waals surface area contributed by atoms with Gasteiger partial charge >= 0.3 is 0 Å². The molecule has 1 fully saturated rings.